The Hall–Kier alpha value is -0.800. The van der Waals surface area contributed by atoms with Gasteiger partial charge >= 0.3 is 0 Å². The molecule has 1 aromatic rings. The van der Waals surface area contributed by atoms with Crippen molar-refractivity contribution in [3.8, 4) is 5.75 Å². The normalized spacial score (nSPS) is 12.7. The summed E-state index contributed by atoms with van der Waals surface area (Å²) in [5, 5.41) is 9.32. The molecule has 0 radical (unpaired) electrons. The first-order valence-corrected chi connectivity index (χ1v) is 5.04. The number of aryl methyl sites for hydroxylation is 1. The van der Waals surface area contributed by atoms with Crippen LogP contribution in [0.15, 0.2) is 6.07 Å². The van der Waals surface area contributed by atoms with Gasteiger partial charge in [-0.15, -0.1) is 0 Å². The second-order valence-corrected chi connectivity index (χ2v) is 3.93. The minimum atomic E-state index is -0.586. The van der Waals surface area contributed by atoms with Gasteiger partial charge in [0, 0.05) is 12.0 Å². The number of ether oxygens (including phenoxy) is 1. The zero-order chi connectivity index (χ0) is 11.6. The summed E-state index contributed by atoms with van der Waals surface area (Å²) in [7, 11) is 1.50. The lowest BCUT2D eigenvalue weighted by Crippen LogP contribution is -2.08. The number of methoxy groups -OCH3 is 1. The molecule has 15 heavy (non-hydrogen) atoms. The van der Waals surface area contributed by atoms with Crippen molar-refractivity contribution in [2.75, 3.05) is 7.11 Å². The number of aliphatic hydroxyl groups is 1. The van der Waals surface area contributed by atoms with Crippen LogP contribution in [0.2, 0.25) is 5.02 Å². The number of halogens is 2. The molecule has 0 aromatic heterocycles. The number of aliphatic hydroxyl groups excluding tert-OH is 1. The summed E-state index contributed by atoms with van der Waals surface area (Å²) in [5.74, 6) is 0.0629. The van der Waals surface area contributed by atoms with E-state index in [2.05, 4.69) is 0 Å². The Labute approximate surface area is 93.6 Å². The summed E-state index contributed by atoms with van der Waals surface area (Å²) in [5.41, 5.74) is 1.20. The van der Waals surface area contributed by atoms with Gasteiger partial charge in [-0.25, -0.2) is 4.39 Å². The molecule has 0 saturated carbocycles. The van der Waals surface area contributed by atoms with Crippen molar-refractivity contribution >= 4 is 11.6 Å². The van der Waals surface area contributed by atoms with Crippen LogP contribution < -0.4 is 4.74 Å². The van der Waals surface area contributed by atoms with E-state index in [1.807, 2.05) is 0 Å². The molecule has 0 amide bonds. The van der Waals surface area contributed by atoms with Gasteiger partial charge in [-0.2, -0.15) is 0 Å². The largest absolute Gasteiger partial charge is 0.496 e. The Morgan fingerprint density at radius 3 is 2.67 bits per heavy atom. The maximum Gasteiger partial charge on any atom is 0.142 e. The summed E-state index contributed by atoms with van der Waals surface area (Å²) in [6.45, 7) is 3.36. The molecule has 0 aliphatic heterocycles. The molecule has 1 atom stereocenters. The highest BCUT2D eigenvalue weighted by atomic mass is 35.5. The predicted octanol–water partition coefficient (Wildman–Crippen LogP) is 2.72. The lowest BCUT2D eigenvalue weighted by atomic mass is 10.0. The molecule has 4 heteroatoms. The molecule has 84 valence electrons. The second kappa shape index (κ2) is 4.81. The number of hydrogen-bond donors (Lipinski definition) is 1. The van der Waals surface area contributed by atoms with Gasteiger partial charge in [0.25, 0.3) is 0 Å². The van der Waals surface area contributed by atoms with Crippen LogP contribution in [0.25, 0.3) is 0 Å². The van der Waals surface area contributed by atoms with Crippen LogP contribution in [0.1, 0.15) is 18.1 Å². The molecular formula is C11H14ClFO2. The van der Waals surface area contributed by atoms with E-state index in [4.69, 9.17) is 16.3 Å². The highest BCUT2D eigenvalue weighted by Gasteiger charge is 2.17. The molecule has 0 bridgehead atoms. The Bertz CT molecular complexity index is 364. The smallest absolute Gasteiger partial charge is 0.142 e. The Morgan fingerprint density at radius 2 is 2.20 bits per heavy atom. The van der Waals surface area contributed by atoms with Gasteiger partial charge in [0.15, 0.2) is 0 Å². The van der Waals surface area contributed by atoms with Crippen LogP contribution in [-0.2, 0) is 6.42 Å². The van der Waals surface area contributed by atoms with Crippen molar-refractivity contribution in [2.24, 2.45) is 0 Å². The summed E-state index contributed by atoms with van der Waals surface area (Å²) in [6, 6.07) is 1.33. The van der Waals surface area contributed by atoms with E-state index in [1.165, 1.54) is 13.2 Å². The molecule has 0 spiro atoms. The van der Waals surface area contributed by atoms with E-state index in [9.17, 15) is 9.50 Å². The van der Waals surface area contributed by atoms with E-state index in [1.54, 1.807) is 13.8 Å². The SMILES string of the molecule is COc1c(C)cc(F)c(Cl)c1CC(C)O. The summed E-state index contributed by atoms with van der Waals surface area (Å²) >= 11 is 5.83. The minimum Gasteiger partial charge on any atom is -0.496 e. The van der Waals surface area contributed by atoms with Crippen LogP contribution in [0, 0.1) is 12.7 Å². The molecule has 0 aliphatic rings. The number of hydrogen-bond acceptors (Lipinski definition) is 2. The average Bonchev–Trinajstić information content (AvgIpc) is 2.13. The molecule has 1 rings (SSSR count). The molecule has 1 unspecified atom stereocenters. The Morgan fingerprint density at radius 1 is 1.60 bits per heavy atom. The third-order valence-corrected chi connectivity index (χ3v) is 2.56. The molecule has 2 nitrogen and oxygen atoms in total. The van der Waals surface area contributed by atoms with Gasteiger partial charge in [-0.05, 0) is 25.5 Å². The standard InChI is InChI=1S/C11H14ClFO2/c1-6-4-9(13)10(12)8(5-7(2)14)11(6)15-3/h4,7,14H,5H2,1-3H3. The first-order chi connectivity index (χ1) is 6.97. The fourth-order valence-corrected chi connectivity index (χ4v) is 1.78. The van der Waals surface area contributed by atoms with E-state index >= 15 is 0 Å². The monoisotopic (exact) mass is 232 g/mol. The average molecular weight is 233 g/mol. The van der Waals surface area contributed by atoms with Gasteiger partial charge in [0.1, 0.15) is 11.6 Å². The van der Waals surface area contributed by atoms with Crippen LogP contribution in [0.5, 0.6) is 5.75 Å². The van der Waals surface area contributed by atoms with Crippen molar-refractivity contribution in [3.63, 3.8) is 0 Å². The molecule has 0 saturated heterocycles. The first-order valence-electron chi connectivity index (χ1n) is 4.67. The lowest BCUT2D eigenvalue weighted by Gasteiger charge is -2.15. The zero-order valence-corrected chi connectivity index (χ0v) is 9.73. The maximum absolute atomic E-state index is 13.3. The number of benzene rings is 1. The van der Waals surface area contributed by atoms with Gasteiger partial charge < -0.3 is 9.84 Å². The molecule has 0 fully saturated rings. The first kappa shape index (κ1) is 12.3. The van der Waals surface area contributed by atoms with E-state index < -0.39 is 11.9 Å². The third-order valence-electron chi connectivity index (χ3n) is 2.15. The van der Waals surface area contributed by atoms with Crippen molar-refractivity contribution < 1.29 is 14.2 Å². The molecule has 0 heterocycles. The van der Waals surface area contributed by atoms with Gasteiger partial charge in [-0.3, -0.25) is 0 Å². The van der Waals surface area contributed by atoms with Gasteiger partial charge in [0.05, 0.1) is 18.2 Å². The van der Waals surface area contributed by atoms with Crippen molar-refractivity contribution in [2.45, 2.75) is 26.4 Å². The molecule has 1 N–H and O–H groups in total. The van der Waals surface area contributed by atoms with Crippen LogP contribution in [-0.4, -0.2) is 18.3 Å². The predicted molar refractivity (Wildman–Crippen MR) is 58.1 cm³/mol. The molecule has 1 aromatic carbocycles. The van der Waals surface area contributed by atoms with E-state index in [0.29, 0.717) is 16.9 Å². The zero-order valence-electron chi connectivity index (χ0n) is 8.97. The highest BCUT2D eigenvalue weighted by molar-refractivity contribution is 6.31. The van der Waals surface area contributed by atoms with Crippen LogP contribution in [0.3, 0.4) is 0 Å². The van der Waals surface area contributed by atoms with E-state index in [0.717, 1.165) is 0 Å². The van der Waals surface area contributed by atoms with Crippen molar-refractivity contribution in [1.82, 2.24) is 0 Å². The summed E-state index contributed by atoms with van der Waals surface area (Å²) in [6.07, 6.45) is -0.307. The van der Waals surface area contributed by atoms with Crippen LogP contribution >= 0.6 is 11.6 Å². The topological polar surface area (TPSA) is 29.5 Å². The minimum absolute atomic E-state index is 0.0263. The highest BCUT2D eigenvalue weighted by Crippen LogP contribution is 2.33. The molecule has 0 aliphatic carbocycles. The molecular weight excluding hydrogens is 219 g/mol. The van der Waals surface area contributed by atoms with Crippen molar-refractivity contribution in [3.05, 3.63) is 28.0 Å². The third kappa shape index (κ3) is 2.61. The Balaban J connectivity index is 3.30. The van der Waals surface area contributed by atoms with Gasteiger partial charge in [-0.1, -0.05) is 11.6 Å². The summed E-state index contributed by atoms with van der Waals surface area (Å²) in [4.78, 5) is 0. The summed E-state index contributed by atoms with van der Waals surface area (Å²) < 4.78 is 18.5. The maximum atomic E-state index is 13.3. The lowest BCUT2D eigenvalue weighted by molar-refractivity contribution is 0.194. The van der Waals surface area contributed by atoms with E-state index in [-0.39, 0.29) is 11.4 Å². The van der Waals surface area contributed by atoms with Gasteiger partial charge in [0.2, 0.25) is 0 Å². The van der Waals surface area contributed by atoms with Crippen LogP contribution in [0.4, 0.5) is 4.39 Å². The quantitative estimate of drug-likeness (QED) is 0.869. The second-order valence-electron chi connectivity index (χ2n) is 3.55. The van der Waals surface area contributed by atoms with Crippen molar-refractivity contribution in [1.29, 1.82) is 0 Å². The fourth-order valence-electron chi connectivity index (χ4n) is 1.56. The fraction of sp³-hybridized carbons (Fsp3) is 0.455. The number of rotatable bonds is 3. The Kier molecular flexibility index (Phi) is 3.94.